The first kappa shape index (κ1) is 33.1. The van der Waals surface area contributed by atoms with Crippen LogP contribution in [-0.2, 0) is 16.4 Å². The van der Waals surface area contributed by atoms with Crippen molar-refractivity contribution in [2.45, 2.75) is 0 Å². The number of aromatic amines is 2. The van der Waals surface area contributed by atoms with Crippen molar-refractivity contribution in [3.05, 3.63) is 97.1 Å². The monoisotopic (exact) mass is 616 g/mol. The Morgan fingerprint density at radius 2 is 0.533 bits per heavy atom. The van der Waals surface area contributed by atoms with Gasteiger partial charge in [-0.3, -0.25) is 0 Å². The molecule has 2 N–H and O–H groups in total. The molecule has 2 aliphatic rings. The van der Waals surface area contributed by atoms with E-state index in [-0.39, 0.29) is 51.2 Å². The first-order valence-corrected chi connectivity index (χ1v) is 13.0. The van der Waals surface area contributed by atoms with Gasteiger partial charge in [0, 0.05) is 43.8 Å². The molecule has 5 heterocycles. The van der Waals surface area contributed by atoms with E-state index in [9.17, 15) is 0 Å². The zero-order valence-electron chi connectivity index (χ0n) is 23.3. The molecular formula is C32H18Al2N8O3. The van der Waals surface area contributed by atoms with Crippen molar-refractivity contribution in [1.82, 2.24) is 39.9 Å². The topological polar surface area (TPSA) is 194 Å². The van der Waals surface area contributed by atoms with Gasteiger partial charge in [0.2, 0.25) is 0 Å². The Hall–Kier alpha value is -4.82. The van der Waals surface area contributed by atoms with E-state index >= 15 is 0 Å². The molecule has 0 saturated heterocycles. The molecule has 9 rings (SSSR count). The number of hydrogen-bond acceptors (Lipinski definition) is 6. The summed E-state index contributed by atoms with van der Waals surface area (Å²) in [4.78, 5) is 36.8. The average Bonchev–Trinajstić information content (AvgIpc) is 3.73. The summed E-state index contributed by atoms with van der Waals surface area (Å²) in [6, 6.07) is 32.2. The quantitative estimate of drug-likeness (QED) is 0.203. The van der Waals surface area contributed by atoms with Crippen molar-refractivity contribution in [3.63, 3.8) is 0 Å². The molecule has 3 aromatic heterocycles. The van der Waals surface area contributed by atoms with Crippen LogP contribution in [0.25, 0.3) is 89.7 Å². The van der Waals surface area contributed by atoms with Gasteiger partial charge in [-0.25, -0.2) is 29.9 Å². The van der Waals surface area contributed by atoms with Crippen LogP contribution < -0.4 is 0 Å². The van der Waals surface area contributed by atoms with Gasteiger partial charge >= 0.3 is 34.7 Å². The minimum atomic E-state index is 0. The summed E-state index contributed by atoms with van der Waals surface area (Å²) in [6.07, 6.45) is 0. The van der Waals surface area contributed by atoms with E-state index in [0.717, 1.165) is 43.8 Å². The molecule has 210 valence electrons. The largest absolute Gasteiger partial charge is 3.00 e. The first-order chi connectivity index (χ1) is 19.8. The molecule has 0 atom stereocenters. The number of rotatable bonds is 0. The van der Waals surface area contributed by atoms with Gasteiger partial charge in [-0.15, -0.1) is 0 Å². The predicted molar refractivity (Wildman–Crippen MR) is 170 cm³/mol. The molecule has 0 unspecified atom stereocenters. The van der Waals surface area contributed by atoms with Gasteiger partial charge in [0.1, 0.15) is 22.6 Å². The molecule has 0 radical (unpaired) electrons. The number of H-pyrrole nitrogens is 2. The summed E-state index contributed by atoms with van der Waals surface area (Å²) in [5, 5.41) is 3.82. The summed E-state index contributed by atoms with van der Waals surface area (Å²) < 4.78 is 0. The predicted octanol–water partition coefficient (Wildman–Crippen LogP) is 5.75. The molecule has 0 saturated carbocycles. The molecule has 0 spiro atoms. The third-order valence-corrected chi connectivity index (χ3v) is 7.46. The van der Waals surface area contributed by atoms with Crippen molar-refractivity contribution in [2.75, 3.05) is 0 Å². The van der Waals surface area contributed by atoms with E-state index < -0.39 is 0 Å². The maximum atomic E-state index is 5.02. The number of benzene rings is 4. The Labute approximate surface area is 276 Å². The third kappa shape index (κ3) is 5.09. The summed E-state index contributed by atoms with van der Waals surface area (Å²) in [7, 11) is 0. The molecule has 7 aromatic rings. The second-order valence-electron chi connectivity index (χ2n) is 9.79. The van der Waals surface area contributed by atoms with E-state index in [2.05, 4.69) is 9.97 Å². The van der Waals surface area contributed by atoms with Crippen LogP contribution >= 0.6 is 0 Å². The fraction of sp³-hybridized carbons (Fsp3) is 0. The normalized spacial score (nSPS) is 10.7. The Morgan fingerprint density at radius 1 is 0.311 bits per heavy atom. The maximum Gasteiger partial charge on any atom is 3.00 e. The van der Waals surface area contributed by atoms with Crippen LogP contribution in [0.4, 0.5) is 0 Å². The molecule has 8 bridgehead atoms. The summed E-state index contributed by atoms with van der Waals surface area (Å²) in [6.45, 7) is 0. The molecule has 13 heteroatoms. The van der Waals surface area contributed by atoms with Crippen LogP contribution in [0.5, 0.6) is 0 Å². The Bertz CT molecular complexity index is 2050. The fourth-order valence-corrected chi connectivity index (χ4v) is 5.59. The van der Waals surface area contributed by atoms with E-state index in [1.54, 1.807) is 0 Å². The van der Waals surface area contributed by atoms with Crippen LogP contribution in [0.1, 0.15) is 0 Å². The number of hydrogen-bond donors (Lipinski definition) is 2. The number of nitrogens with zero attached hydrogens (tertiary/aromatic N) is 6. The van der Waals surface area contributed by atoms with Gasteiger partial charge in [-0.2, -0.15) is 0 Å². The Morgan fingerprint density at radius 3 is 0.778 bits per heavy atom. The SMILES string of the molecule is [Al+3].[Al+3].[O-2].[O-2].[O-2].c1ccc2c(c1)-c1nc-2nc2[nH]c(nc3nc(nc4[nH]c(n1)c1ccccc41)-c1ccccc1-3)c1ccccc21. The van der Waals surface area contributed by atoms with Gasteiger partial charge in [0.25, 0.3) is 0 Å². The van der Waals surface area contributed by atoms with Crippen LogP contribution in [0, 0.1) is 0 Å². The minimum Gasteiger partial charge on any atom is -2.00 e. The molecule has 11 nitrogen and oxygen atoms in total. The molecule has 2 aliphatic heterocycles. The van der Waals surface area contributed by atoms with Crippen molar-refractivity contribution in [1.29, 1.82) is 0 Å². The summed E-state index contributed by atoms with van der Waals surface area (Å²) in [5.74, 6) is 2.39. The summed E-state index contributed by atoms with van der Waals surface area (Å²) >= 11 is 0. The standard InChI is InChI=1S/C32H18N8.2Al.3O/c1-2-10-18-17(9-1)25-33-26(18)38-28-21-13-5-6-14-22(21)30(35-28)40-32-24-16-8-7-15-23(24)31(36-32)39-29-20-12-4-3-11-19(20)27(34-29)37-25;;;;;/h1-16H,(H2,33,34,35,36,37,38,39,40);;;;;/q;2*+3;3*-2. The molecule has 4 aromatic carbocycles. The third-order valence-electron chi connectivity index (χ3n) is 7.46. The fourth-order valence-electron chi connectivity index (χ4n) is 5.59. The van der Waals surface area contributed by atoms with E-state index in [1.807, 2.05) is 97.1 Å². The number of fused-ring (bicyclic) bond motifs is 20. The van der Waals surface area contributed by atoms with Crippen LogP contribution in [-0.4, -0.2) is 74.6 Å². The van der Waals surface area contributed by atoms with Crippen LogP contribution in [0.15, 0.2) is 97.1 Å². The molecule has 0 aliphatic carbocycles. The number of nitrogens with one attached hydrogen (secondary N) is 2. The van der Waals surface area contributed by atoms with Crippen molar-refractivity contribution < 1.29 is 16.4 Å². The molecule has 0 fully saturated rings. The minimum absolute atomic E-state index is 0. The van der Waals surface area contributed by atoms with Gasteiger partial charge < -0.3 is 26.4 Å². The second-order valence-corrected chi connectivity index (χ2v) is 9.79. The molecule has 0 amide bonds. The van der Waals surface area contributed by atoms with Gasteiger partial charge in [0.15, 0.2) is 23.3 Å². The molecular weight excluding hydrogens is 598 g/mol. The average molecular weight is 617 g/mol. The van der Waals surface area contributed by atoms with E-state index in [1.165, 1.54) is 0 Å². The van der Waals surface area contributed by atoms with Crippen molar-refractivity contribution in [2.24, 2.45) is 0 Å². The first-order valence-electron chi connectivity index (χ1n) is 13.0. The zero-order chi connectivity index (χ0) is 26.2. The van der Waals surface area contributed by atoms with Gasteiger partial charge in [-0.05, 0) is 0 Å². The number of aromatic nitrogens is 8. The van der Waals surface area contributed by atoms with Gasteiger partial charge in [-0.1, -0.05) is 97.1 Å². The Balaban J connectivity index is 0.000000922. The van der Waals surface area contributed by atoms with E-state index in [0.29, 0.717) is 45.9 Å². The van der Waals surface area contributed by atoms with Gasteiger partial charge in [0.05, 0.1) is 0 Å². The zero-order valence-corrected chi connectivity index (χ0v) is 25.6. The van der Waals surface area contributed by atoms with Crippen LogP contribution in [0.3, 0.4) is 0 Å². The van der Waals surface area contributed by atoms with Crippen molar-refractivity contribution in [3.8, 4) is 45.6 Å². The van der Waals surface area contributed by atoms with Crippen molar-refractivity contribution >= 4 is 78.9 Å². The summed E-state index contributed by atoms with van der Waals surface area (Å²) in [5.41, 5.74) is 6.45. The second kappa shape index (κ2) is 12.7. The molecule has 45 heavy (non-hydrogen) atoms. The van der Waals surface area contributed by atoms with E-state index in [4.69, 9.17) is 29.9 Å². The van der Waals surface area contributed by atoms with Crippen LogP contribution in [0.2, 0.25) is 0 Å². The maximum absolute atomic E-state index is 5.02. The smallest absolute Gasteiger partial charge is 2.00 e. The Kier molecular flexibility index (Phi) is 9.31.